The molecule has 0 spiro atoms. The highest BCUT2D eigenvalue weighted by atomic mass is 19.3. The molecule has 92 valence electrons. The van der Waals surface area contributed by atoms with Gasteiger partial charge in [0.15, 0.2) is 5.83 Å². The van der Waals surface area contributed by atoms with Crippen LogP contribution in [0.25, 0.3) is 5.83 Å². The summed E-state index contributed by atoms with van der Waals surface area (Å²) in [6.45, 7) is 0.668. The third kappa shape index (κ3) is 3.30. The maximum Gasteiger partial charge on any atom is 0.459 e. The lowest BCUT2D eigenvalue weighted by Crippen LogP contribution is -2.25. The van der Waals surface area contributed by atoms with Gasteiger partial charge in [-0.05, 0) is 0 Å². The average molecular weight is 248 g/mol. The first-order chi connectivity index (χ1) is 7.84. The molecule has 0 aliphatic carbocycles. The Hall–Kier alpha value is -1.85. The van der Waals surface area contributed by atoms with Gasteiger partial charge in [0.05, 0.1) is 0 Å². The largest absolute Gasteiger partial charge is 0.459 e. The van der Waals surface area contributed by atoms with Crippen molar-refractivity contribution in [3.63, 3.8) is 0 Å². The summed E-state index contributed by atoms with van der Waals surface area (Å²) >= 11 is 0. The van der Waals surface area contributed by atoms with Crippen molar-refractivity contribution in [2.24, 2.45) is 0 Å². The van der Waals surface area contributed by atoms with E-state index in [1.165, 1.54) is 18.2 Å². The molecule has 0 N–H and O–H groups in total. The predicted octanol–water partition coefficient (Wildman–Crippen LogP) is 3.45. The highest BCUT2D eigenvalue weighted by Crippen LogP contribution is 2.34. The summed E-state index contributed by atoms with van der Waals surface area (Å²) in [4.78, 5) is 10.3. The zero-order valence-electron chi connectivity index (χ0n) is 8.72. The molecule has 17 heavy (non-hydrogen) atoms. The van der Waals surface area contributed by atoms with Crippen LogP contribution >= 0.6 is 0 Å². The van der Waals surface area contributed by atoms with Crippen LogP contribution in [-0.2, 0) is 9.53 Å². The number of hydrogen-bond donors (Lipinski definition) is 0. The number of ether oxygens (including phenoxy) is 1. The normalized spacial score (nSPS) is 13.0. The molecule has 1 aromatic rings. The lowest BCUT2D eigenvalue weighted by Gasteiger charge is -2.13. The van der Waals surface area contributed by atoms with Crippen molar-refractivity contribution < 1.29 is 27.1 Å². The van der Waals surface area contributed by atoms with Gasteiger partial charge in [0.2, 0.25) is 5.83 Å². The van der Waals surface area contributed by atoms with Crippen LogP contribution in [-0.4, -0.2) is 12.1 Å². The highest BCUT2D eigenvalue weighted by molar-refractivity contribution is 5.68. The Bertz CT molecular complexity index is 440. The molecule has 0 aromatic heterocycles. The van der Waals surface area contributed by atoms with E-state index in [2.05, 4.69) is 4.74 Å². The topological polar surface area (TPSA) is 26.3 Å². The van der Waals surface area contributed by atoms with Crippen molar-refractivity contribution in [3.05, 3.63) is 41.7 Å². The lowest BCUT2D eigenvalue weighted by atomic mass is 10.2. The number of esters is 1. The summed E-state index contributed by atoms with van der Waals surface area (Å²) in [5.41, 5.74) is -0.364. The van der Waals surface area contributed by atoms with Crippen LogP contribution in [0.1, 0.15) is 12.5 Å². The van der Waals surface area contributed by atoms with E-state index in [4.69, 9.17) is 0 Å². The second-order valence-corrected chi connectivity index (χ2v) is 3.10. The van der Waals surface area contributed by atoms with Gasteiger partial charge >= 0.3 is 12.1 Å². The summed E-state index contributed by atoms with van der Waals surface area (Å²) < 4.78 is 55.6. The Morgan fingerprint density at radius 2 is 1.71 bits per heavy atom. The average Bonchev–Trinajstić information content (AvgIpc) is 2.26. The zero-order valence-corrected chi connectivity index (χ0v) is 8.72. The fraction of sp³-hybridized carbons (Fsp3) is 0.182. The minimum absolute atomic E-state index is 0.364. The summed E-state index contributed by atoms with van der Waals surface area (Å²) in [6, 6.07) is 6.44. The summed E-state index contributed by atoms with van der Waals surface area (Å²) in [7, 11) is 0. The summed E-state index contributed by atoms with van der Waals surface area (Å²) in [5.74, 6) is -5.61. The first kappa shape index (κ1) is 13.2. The maximum atomic E-state index is 13.3. The van der Waals surface area contributed by atoms with Crippen molar-refractivity contribution in [1.82, 2.24) is 0 Å². The molecule has 2 nitrogen and oxygen atoms in total. The number of rotatable bonds is 3. The second kappa shape index (κ2) is 4.99. The Balaban J connectivity index is 3.09. The van der Waals surface area contributed by atoms with E-state index in [0.29, 0.717) is 6.92 Å². The van der Waals surface area contributed by atoms with Crippen molar-refractivity contribution in [2.45, 2.75) is 13.0 Å². The molecule has 0 atom stereocenters. The van der Waals surface area contributed by atoms with E-state index in [-0.39, 0.29) is 5.56 Å². The molecule has 6 heteroatoms. The van der Waals surface area contributed by atoms with Crippen LogP contribution in [0.15, 0.2) is 36.2 Å². The third-order valence-corrected chi connectivity index (χ3v) is 1.75. The highest BCUT2D eigenvalue weighted by Gasteiger charge is 2.42. The molecule has 1 rings (SSSR count). The molecule has 0 unspecified atom stereocenters. The number of halogens is 4. The van der Waals surface area contributed by atoms with Gasteiger partial charge in [-0.15, -0.1) is 0 Å². The van der Waals surface area contributed by atoms with Crippen LogP contribution < -0.4 is 0 Å². The second-order valence-electron chi connectivity index (χ2n) is 3.10. The lowest BCUT2D eigenvalue weighted by molar-refractivity contribution is -0.217. The minimum Gasteiger partial charge on any atom is -0.395 e. The van der Waals surface area contributed by atoms with E-state index in [0.717, 1.165) is 12.1 Å². The number of carbonyl (C=O) groups is 1. The predicted molar refractivity (Wildman–Crippen MR) is 52.3 cm³/mol. The first-order valence-electron chi connectivity index (χ1n) is 4.53. The number of alkyl halides is 2. The minimum atomic E-state index is -4.61. The fourth-order valence-corrected chi connectivity index (χ4v) is 1.06. The molecule has 0 saturated carbocycles. The van der Waals surface area contributed by atoms with Crippen molar-refractivity contribution in [1.29, 1.82) is 0 Å². The molecule has 0 saturated heterocycles. The van der Waals surface area contributed by atoms with Crippen LogP contribution in [0.2, 0.25) is 0 Å². The van der Waals surface area contributed by atoms with E-state index >= 15 is 0 Å². The van der Waals surface area contributed by atoms with Gasteiger partial charge in [-0.1, -0.05) is 30.3 Å². The van der Waals surface area contributed by atoms with Crippen molar-refractivity contribution in [3.8, 4) is 0 Å². The van der Waals surface area contributed by atoms with Crippen molar-refractivity contribution in [2.75, 3.05) is 0 Å². The molecular weight excluding hydrogens is 240 g/mol. The molecule has 0 amide bonds. The van der Waals surface area contributed by atoms with Gasteiger partial charge in [0.25, 0.3) is 0 Å². The van der Waals surface area contributed by atoms with Crippen LogP contribution in [0, 0.1) is 0 Å². The first-order valence-corrected chi connectivity index (χ1v) is 4.53. The van der Waals surface area contributed by atoms with Crippen LogP contribution in [0.4, 0.5) is 17.6 Å². The van der Waals surface area contributed by atoms with E-state index < -0.39 is 23.7 Å². The SMILES string of the molecule is CC(=O)OC(F)(F)C(F)=C(F)c1ccccc1. The molecule has 0 radical (unpaired) electrons. The fourth-order valence-electron chi connectivity index (χ4n) is 1.06. The molecule has 0 aliphatic rings. The quantitative estimate of drug-likeness (QED) is 0.605. The van der Waals surface area contributed by atoms with E-state index in [1.807, 2.05) is 0 Å². The van der Waals surface area contributed by atoms with Gasteiger partial charge < -0.3 is 4.74 Å². The van der Waals surface area contributed by atoms with Crippen LogP contribution in [0.5, 0.6) is 0 Å². The molecule has 0 bridgehead atoms. The Labute approximate surface area is 94.5 Å². The Kier molecular flexibility index (Phi) is 3.88. The molecule has 1 aromatic carbocycles. The number of carbonyl (C=O) groups excluding carboxylic acids is 1. The van der Waals surface area contributed by atoms with E-state index in [1.54, 1.807) is 0 Å². The maximum absolute atomic E-state index is 13.3. The van der Waals surface area contributed by atoms with Gasteiger partial charge in [-0.2, -0.15) is 13.2 Å². The van der Waals surface area contributed by atoms with Crippen LogP contribution in [0.3, 0.4) is 0 Å². The Morgan fingerprint density at radius 1 is 1.18 bits per heavy atom. The molecule has 0 heterocycles. The monoisotopic (exact) mass is 248 g/mol. The molecular formula is C11H8F4O2. The van der Waals surface area contributed by atoms with Crippen molar-refractivity contribution >= 4 is 11.8 Å². The number of hydrogen-bond acceptors (Lipinski definition) is 2. The zero-order chi connectivity index (χ0) is 13.1. The molecule has 0 aliphatic heterocycles. The Morgan fingerprint density at radius 3 is 2.18 bits per heavy atom. The molecule has 0 fully saturated rings. The standard InChI is InChI=1S/C11H8F4O2/c1-7(16)17-11(14,15)10(13)9(12)8-5-3-2-4-6-8/h2-6H,1H3. The van der Waals surface area contributed by atoms with Gasteiger partial charge in [0, 0.05) is 12.5 Å². The third-order valence-electron chi connectivity index (χ3n) is 1.75. The van der Waals surface area contributed by atoms with E-state index in [9.17, 15) is 22.4 Å². The van der Waals surface area contributed by atoms with Gasteiger partial charge in [-0.25, -0.2) is 4.39 Å². The number of benzene rings is 1. The van der Waals surface area contributed by atoms with Gasteiger partial charge in [-0.3, -0.25) is 4.79 Å². The smallest absolute Gasteiger partial charge is 0.395 e. The summed E-state index contributed by atoms with van der Waals surface area (Å²) in [5, 5.41) is 0. The summed E-state index contributed by atoms with van der Waals surface area (Å²) in [6.07, 6.45) is -4.61. The van der Waals surface area contributed by atoms with Gasteiger partial charge in [0.1, 0.15) is 0 Å².